The van der Waals surface area contributed by atoms with Gasteiger partial charge in [0.15, 0.2) is 16.7 Å². The van der Waals surface area contributed by atoms with Crippen molar-refractivity contribution in [2.45, 2.75) is 32.5 Å². The number of aromatic nitrogens is 5. The Kier molecular flexibility index (Phi) is 7.61. The van der Waals surface area contributed by atoms with E-state index in [0.29, 0.717) is 24.0 Å². The van der Waals surface area contributed by atoms with Gasteiger partial charge in [-0.15, -0.1) is 10.2 Å². The van der Waals surface area contributed by atoms with Crippen LogP contribution >= 0.6 is 11.8 Å². The number of benzene rings is 2. The van der Waals surface area contributed by atoms with Gasteiger partial charge in [0.25, 0.3) is 0 Å². The number of carbonyl (C=O) groups is 2. The third kappa shape index (κ3) is 5.60. The fourth-order valence-electron chi connectivity index (χ4n) is 3.51. The standard InChI is InChI=1S/C25H26N6O3S/c1-4-30-23(20-9-7-6-8-17(20)3)27-28-25(30)35-16-22(32)26-18-10-12-19(13-11-18)31-15-14-21(29-31)24(33)34-5-2/h6-15H,4-5,16H2,1-3H3,(H,26,32). The quantitative estimate of drug-likeness (QED) is 0.274. The molecule has 0 saturated carbocycles. The van der Waals surface area contributed by atoms with Crippen molar-refractivity contribution in [2.75, 3.05) is 17.7 Å². The fraction of sp³-hybridized carbons (Fsp3) is 0.240. The molecular weight excluding hydrogens is 464 g/mol. The molecule has 35 heavy (non-hydrogen) atoms. The number of nitrogens with one attached hydrogen (secondary N) is 1. The van der Waals surface area contributed by atoms with E-state index in [-0.39, 0.29) is 17.4 Å². The van der Waals surface area contributed by atoms with Crippen molar-refractivity contribution in [1.29, 1.82) is 0 Å². The van der Waals surface area contributed by atoms with E-state index in [0.717, 1.165) is 22.6 Å². The van der Waals surface area contributed by atoms with Gasteiger partial charge in [-0.25, -0.2) is 9.48 Å². The number of hydrogen-bond acceptors (Lipinski definition) is 7. The van der Waals surface area contributed by atoms with Gasteiger partial charge in [-0.1, -0.05) is 36.0 Å². The van der Waals surface area contributed by atoms with Crippen molar-refractivity contribution in [3.05, 3.63) is 72.1 Å². The minimum absolute atomic E-state index is 0.144. The van der Waals surface area contributed by atoms with E-state index in [1.165, 1.54) is 11.8 Å². The average molecular weight is 491 g/mol. The molecule has 0 aliphatic heterocycles. The van der Waals surface area contributed by atoms with E-state index in [4.69, 9.17) is 4.74 Å². The third-order valence-electron chi connectivity index (χ3n) is 5.24. The lowest BCUT2D eigenvalue weighted by atomic mass is 10.1. The molecule has 0 unspecified atom stereocenters. The first-order valence-corrected chi connectivity index (χ1v) is 12.2. The number of thioether (sulfide) groups is 1. The van der Waals surface area contributed by atoms with Gasteiger partial charge in [-0.2, -0.15) is 5.10 Å². The number of nitrogens with zero attached hydrogens (tertiary/aromatic N) is 5. The van der Waals surface area contributed by atoms with Gasteiger partial charge < -0.3 is 14.6 Å². The van der Waals surface area contributed by atoms with Crippen LogP contribution in [0, 0.1) is 6.92 Å². The Balaban J connectivity index is 1.37. The molecule has 2 aromatic carbocycles. The smallest absolute Gasteiger partial charge is 0.358 e. The van der Waals surface area contributed by atoms with E-state index in [9.17, 15) is 9.59 Å². The van der Waals surface area contributed by atoms with E-state index < -0.39 is 5.97 Å². The minimum atomic E-state index is -0.461. The van der Waals surface area contributed by atoms with E-state index in [2.05, 4.69) is 20.6 Å². The molecule has 1 amide bonds. The van der Waals surface area contributed by atoms with Crippen LogP contribution in [-0.2, 0) is 16.1 Å². The maximum Gasteiger partial charge on any atom is 0.358 e. The largest absolute Gasteiger partial charge is 0.461 e. The lowest BCUT2D eigenvalue weighted by molar-refractivity contribution is -0.113. The zero-order valence-corrected chi connectivity index (χ0v) is 20.6. The monoisotopic (exact) mass is 490 g/mol. The minimum Gasteiger partial charge on any atom is -0.461 e. The molecule has 0 atom stereocenters. The molecule has 0 aliphatic carbocycles. The zero-order chi connectivity index (χ0) is 24.8. The topological polar surface area (TPSA) is 104 Å². The Labute approximate surface area is 207 Å². The number of carbonyl (C=O) groups excluding carboxylic acids is 2. The van der Waals surface area contributed by atoms with Crippen molar-refractivity contribution in [2.24, 2.45) is 0 Å². The van der Waals surface area contributed by atoms with E-state index in [1.807, 2.05) is 54.8 Å². The van der Waals surface area contributed by atoms with Gasteiger partial charge in [0.2, 0.25) is 5.91 Å². The van der Waals surface area contributed by atoms with Gasteiger partial charge in [0.1, 0.15) is 0 Å². The number of hydrogen-bond donors (Lipinski definition) is 1. The second-order valence-corrected chi connectivity index (χ2v) is 8.56. The molecule has 10 heteroatoms. The van der Waals surface area contributed by atoms with Crippen LogP contribution in [0.15, 0.2) is 66.0 Å². The van der Waals surface area contributed by atoms with Crippen LogP contribution < -0.4 is 5.32 Å². The summed E-state index contributed by atoms with van der Waals surface area (Å²) in [6.45, 7) is 6.82. The SMILES string of the molecule is CCOC(=O)c1ccn(-c2ccc(NC(=O)CSc3nnc(-c4ccccc4C)n3CC)cc2)n1. The van der Waals surface area contributed by atoms with Crippen LogP contribution in [-0.4, -0.2) is 48.8 Å². The predicted octanol–water partition coefficient (Wildman–Crippen LogP) is 4.37. The number of anilines is 1. The average Bonchev–Trinajstić information content (AvgIpc) is 3.51. The van der Waals surface area contributed by atoms with Gasteiger partial charge in [0.05, 0.1) is 18.0 Å². The highest BCUT2D eigenvalue weighted by Gasteiger charge is 2.16. The Morgan fingerprint density at radius 1 is 1.03 bits per heavy atom. The van der Waals surface area contributed by atoms with Crippen molar-refractivity contribution in [1.82, 2.24) is 24.5 Å². The van der Waals surface area contributed by atoms with E-state index >= 15 is 0 Å². The maximum atomic E-state index is 12.6. The molecule has 0 saturated heterocycles. The van der Waals surface area contributed by atoms with Gasteiger partial charge in [-0.05, 0) is 56.7 Å². The second-order valence-electron chi connectivity index (χ2n) is 7.62. The highest BCUT2D eigenvalue weighted by atomic mass is 32.2. The third-order valence-corrected chi connectivity index (χ3v) is 6.21. The maximum absolute atomic E-state index is 12.6. The number of ether oxygens (including phenoxy) is 1. The van der Waals surface area contributed by atoms with Gasteiger partial charge >= 0.3 is 5.97 Å². The predicted molar refractivity (Wildman–Crippen MR) is 135 cm³/mol. The molecule has 0 fully saturated rings. The lowest BCUT2D eigenvalue weighted by Gasteiger charge is -2.09. The molecule has 0 aliphatic rings. The Bertz CT molecular complexity index is 1330. The molecule has 0 spiro atoms. The number of esters is 1. The number of amides is 1. The first kappa shape index (κ1) is 24.2. The van der Waals surface area contributed by atoms with Crippen molar-refractivity contribution < 1.29 is 14.3 Å². The first-order chi connectivity index (χ1) is 17.0. The van der Waals surface area contributed by atoms with E-state index in [1.54, 1.807) is 36.0 Å². The van der Waals surface area contributed by atoms with Crippen molar-refractivity contribution >= 4 is 29.3 Å². The summed E-state index contributed by atoms with van der Waals surface area (Å²) in [4.78, 5) is 24.4. The number of aryl methyl sites for hydroxylation is 1. The zero-order valence-electron chi connectivity index (χ0n) is 19.8. The van der Waals surface area contributed by atoms with Crippen LogP contribution in [0.2, 0.25) is 0 Å². The van der Waals surface area contributed by atoms with Gasteiger partial charge in [-0.3, -0.25) is 4.79 Å². The van der Waals surface area contributed by atoms with Crippen LogP contribution in [0.4, 0.5) is 5.69 Å². The van der Waals surface area contributed by atoms with Crippen molar-refractivity contribution in [3.8, 4) is 17.1 Å². The molecule has 180 valence electrons. The normalized spacial score (nSPS) is 10.8. The molecule has 0 bridgehead atoms. The Morgan fingerprint density at radius 2 is 1.80 bits per heavy atom. The summed E-state index contributed by atoms with van der Waals surface area (Å²) in [5, 5.41) is 16.5. The van der Waals surface area contributed by atoms with Crippen LogP contribution in [0.3, 0.4) is 0 Å². The highest BCUT2D eigenvalue weighted by Crippen LogP contribution is 2.26. The molecule has 4 rings (SSSR count). The van der Waals surface area contributed by atoms with Gasteiger partial charge in [0, 0.05) is 24.0 Å². The first-order valence-electron chi connectivity index (χ1n) is 11.2. The molecule has 4 aromatic rings. The van der Waals surface area contributed by atoms with Crippen LogP contribution in [0.25, 0.3) is 17.1 Å². The van der Waals surface area contributed by atoms with Crippen LogP contribution in [0.5, 0.6) is 0 Å². The molecule has 2 heterocycles. The summed E-state index contributed by atoms with van der Waals surface area (Å²) in [6.07, 6.45) is 1.69. The highest BCUT2D eigenvalue weighted by molar-refractivity contribution is 7.99. The van der Waals surface area contributed by atoms with Crippen LogP contribution in [0.1, 0.15) is 29.9 Å². The number of rotatable bonds is 9. The summed E-state index contributed by atoms with van der Waals surface area (Å²) in [7, 11) is 0. The molecular formula is C25H26N6O3S. The summed E-state index contributed by atoms with van der Waals surface area (Å²) in [5.41, 5.74) is 3.82. The summed E-state index contributed by atoms with van der Waals surface area (Å²) >= 11 is 1.35. The lowest BCUT2D eigenvalue weighted by Crippen LogP contribution is -2.14. The second kappa shape index (κ2) is 11.0. The molecule has 9 nitrogen and oxygen atoms in total. The molecule has 0 radical (unpaired) electrons. The summed E-state index contributed by atoms with van der Waals surface area (Å²) < 4.78 is 8.56. The Morgan fingerprint density at radius 3 is 2.51 bits per heavy atom. The Hall–Kier alpha value is -3.92. The summed E-state index contributed by atoms with van der Waals surface area (Å²) in [6, 6.07) is 16.8. The van der Waals surface area contributed by atoms with Crippen molar-refractivity contribution in [3.63, 3.8) is 0 Å². The molecule has 2 aromatic heterocycles. The fourth-order valence-corrected chi connectivity index (χ4v) is 4.31. The summed E-state index contributed by atoms with van der Waals surface area (Å²) in [5.74, 6) is 0.399. The molecule has 1 N–H and O–H groups in total.